The molecule has 4 rings (SSSR count). The van der Waals surface area contributed by atoms with E-state index in [1.165, 1.54) is 129 Å². The normalized spacial score (nSPS) is 22.2. The first-order valence-corrected chi connectivity index (χ1v) is 23.0. The average Bonchev–Trinajstić information content (AvgIpc) is 2.91. The Morgan fingerprint density at radius 3 is 1.68 bits per heavy atom. The fraction of sp³-hybridized carbons (Fsp3) is 0.731. The first kappa shape index (κ1) is 27.6. The predicted octanol–water partition coefficient (Wildman–Crippen LogP) is 9.13. The van der Waals surface area contributed by atoms with Crippen molar-refractivity contribution >= 4 is 71.1 Å². The molecule has 0 amide bonds. The van der Waals surface area contributed by atoms with Gasteiger partial charge in [0, 0.05) is 0 Å². The van der Waals surface area contributed by atoms with Gasteiger partial charge in [0.2, 0.25) is 0 Å². The molecule has 0 bridgehead atoms. The van der Waals surface area contributed by atoms with Crippen LogP contribution >= 0.6 is 43.3 Å². The molecule has 0 saturated heterocycles. The zero-order chi connectivity index (χ0) is 24.0. The van der Waals surface area contributed by atoms with E-state index in [1.54, 1.807) is 3.58 Å². The van der Waals surface area contributed by atoms with E-state index in [0.717, 1.165) is 16.7 Å². The summed E-state index contributed by atoms with van der Waals surface area (Å²) in [5, 5.41) is 12.9. The van der Waals surface area contributed by atoms with E-state index in [9.17, 15) is 5.21 Å². The van der Waals surface area contributed by atoms with Gasteiger partial charge in [-0.1, -0.05) is 0 Å². The summed E-state index contributed by atoms with van der Waals surface area (Å²) < 4.78 is 4.24. The van der Waals surface area contributed by atoms with Crippen LogP contribution in [0.1, 0.15) is 102 Å². The monoisotopic (exact) mass is 650 g/mol. The third-order valence-electron chi connectivity index (χ3n) is 9.14. The zero-order valence-electron chi connectivity index (χ0n) is 20.2. The van der Waals surface area contributed by atoms with Crippen LogP contribution < -0.4 is 9.31 Å². The van der Waals surface area contributed by atoms with Gasteiger partial charge >= 0.3 is 229 Å². The molecule has 3 aliphatic rings. The van der Waals surface area contributed by atoms with Gasteiger partial charge in [-0.05, 0) is 0 Å². The Balaban J connectivity index is 2.01. The average molecular weight is 650 g/mol. The molecule has 3 nitrogen and oxygen atoms in total. The molecule has 190 valence electrons. The van der Waals surface area contributed by atoms with Gasteiger partial charge in [0.1, 0.15) is 0 Å². The van der Waals surface area contributed by atoms with Crippen LogP contribution in [0.3, 0.4) is 0 Å². The number of hydrogen-bond donors (Lipinski definition) is 2. The van der Waals surface area contributed by atoms with Crippen molar-refractivity contribution in [3.63, 3.8) is 0 Å². The summed E-state index contributed by atoms with van der Waals surface area (Å²) in [4.78, 5) is 2.32. The van der Waals surface area contributed by atoms with Gasteiger partial charge < -0.3 is 0 Å². The van der Waals surface area contributed by atoms with Crippen LogP contribution in [0.2, 0.25) is 11.8 Å². The molecule has 0 spiro atoms. The molecular weight excluding hydrogens is 610 g/mol. The molecule has 0 aromatic heterocycles. The number of rotatable bonds is 8. The van der Waals surface area contributed by atoms with Gasteiger partial charge in [0.15, 0.2) is 0 Å². The molecule has 3 aliphatic carbocycles. The summed E-state index contributed by atoms with van der Waals surface area (Å²) in [6.45, 7) is 0. The van der Waals surface area contributed by atoms with Crippen LogP contribution in [-0.4, -0.2) is 29.4 Å². The van der Waals surface area contributed by atoms with E-state index >= 15 is 0 Å². The third kappa shape index (κ3) is 5.68. The number of oxime groups is 1. The van der Waals surface area contributed by atoms with E-state index < -0.39 is 18.4 Å². The number of amidine groups is 1. The number of nitrogens with two attached hydrogens (primary N) is 1. The fourth-order valence-corrected chi connectivity index (χ4v) is 36.9. The molecule has 34 heavy (non-hydrogen) atoms. The van der Waals surface area contributed by atoms with Gasteiger partial charge in [0.25, 0.3) is 0 Å². The van der Waals surface area contributed by atoms with Crippen molar-refractivity contribution in [3.8, 4) is 0 Å². The topological polar surface area (TPSA) is 58.6 Å². The molecule has 0 unspecified atom stereocenters. The molecular formula is C26H40Cl2N2OS2Sn. The van der Waals surface area contributed by atoms with Crippen LogP contribution in [0, 0.1) is 0 Å². The Bertz CT molecular complexity index is 793. The van der Waals surface area contributed by atoms with Gasteiger partial charge in [-0.3, -0.25) is 0 Å². The van der Waals surface area contributed by atoms with E-state index in [-0.39, 0.29) is 0 Å². The van der Waals surface area contributed by atoms with Crippen molar-refractivity contribution in [1.29, 1.82) is 0 Å². The minimum absolute atomic E-state index is 0.300. The molecule has 0 atom stereocenters. The minimum atomic E-state index is -3.18. The number of nitrogens with zero attached hydrogens (tertiary/aromatic N) is 1. The maximum absolute atomic E-state index is 9.49. The Morgan fingerprint density at radius 1 is 0.824 bits per heavy atom. The molecule has 3 N–H and O–H groups in total. The van der Waals surface area contributed by atoms with Crippen LogP contribution in [0.25, 0.3) is 0 Å². The molecule has 3 fully saturated rings. The molecule has 8 heteroatoms. The van der Waals surface area contributed by atoms with Gasteiger partial charge in [-0.25, -0.2) is 0 Å². The first-order chi connectivity index (χ1) is 16.7. The second-order valence-corrected chi connectivity index (χ2v) is 26.6. The maximum atomic E-state index is 9.49. The van der Waals surface area contributed by atoms with Crippen molar-refractivity contribution in [2.45, 2.75) is 124 Å². The third-order valence-corrected chi connectivity index (χ3v) is 32.4. The summed E-state index contributed by atoms with van der Waals surface area (Å²) in [5.74, 6) is 0.300. The van der Waals surface area contributed by atoms with Crippen LogP contribution in [-0.2, 0) is 6.42 Å². The summed E-state index contributed by atoms with van der Waals surface area (Å²) in [6, 6.07) is 4.36. The molecule has 0 aliphatic heterocycles. The Kier molecular flexibility index (Phi) is 10.9. The Labute approximate surface area is 227 Å². The molecule has 1 aromatic rings. The van der Waals surface area contributed by atoms with Crippen molar-refractivity contribution < 1.29 is 5.21 Å². The van der Waals surface area contributed by atoms with E-state index in [4.69, 9.17) is 27.1 Å². The van der Waals surface area contributed by atoms with Crippen LogP contribution in [0.4, 0.5) is 0 Å². The number of hydrogen-bond acceptors (Lipinski definition) is 4. The standard InChI is InChI=1S/C8H7Cl2N2OS2.3C6H11.Sn/c9-14-6-2-1-5(3-7(6)15-10)4-8(11)12-13;3*1-2-4-6-5-3-1;/h1-2,13H,4H2,(H2,11,12);3*1H,2-6H2;. The van der Waals surface area contributed by atoms with Gasteiger partial charge in [-0.15, -0.1) is 0 Å². The fourth-order valence-electron chi connectivity index (χ4n) is 7.95. The van der Waals surface area contributed by atoms with Crippen molar-refractivity contribution in [2.75, 3.05) is 0 Å². The SMILES string of the molecule is NC(Cc1ccc(SCl)c(SCl)[c]1[Sn]([CH]1CCCCC1)([CH]1CCCCC1)[CH]1CCCCC1)=NO. The van der Waals surface area contributed by atoms with E-state index in [1.807, 2.05) is 0 Å². The second-order valence-electron chi connectivity index (χ2n) is 10.8. The predicted molar refractivity (Wildman–Crippen MR) is 153 cm³/mol. The molecule has 0 radical (unpaired) electrons. The number of halogens is 2. The van der Waals surface area contributed by atoms with Gasteiger partial charge in [-0.2, -0.15) is 0 Å². The van der Waals surface area contributed by atoms with E-state index in [2.05, 4.69) is 17.3 Å². The molecule has 3 saturated carbocycles. The summed E-state index contributed by atoms with van der Waals surface area (Å²) >= 11 is -3.18. The Hall–Kier alpha value is 0.569. The summed E-state index contributed by atoms with van der Waals surface area (Å²) in [6.07, 6.45) is 21.4. The Morgan fingerprint density at radius 2 is 1.29 bits per heavy atom. The van der Waals surface area contributed by atoms with Gasteiger partial charge in [0.05, 0.1) is 0 Å². The summed E-state index contributed by atoms with van der Waals surface area (Å²) in [5.41, 5.74) is 7.45. The summed E-state index contributed by atoms with van der Waals surface area (Å²) in [7, 11) is 15.9. The van der Waals surface area contributed by atoms with Crippen LogP contribution in [0.5, 0.6) is 0 Å². The van der Waals surface area contributed by atoms with Crippen molar-refractivity contribution in [3.05, 3.63) is 17.7 Å². The zero-order valence-corrected chi connectivity index (χ0v) is 26.2. The quantitative estimate of drug-likeness (QED) is 0.0970. The first-order valence-electron chi connectivity index (χ1n) is 13.4. The number of benzene rings is 1. The van der Waals surface area contributed by atoms with Crippen molar-refractivity contribution in [2.24, 2.45) is 10.9 Å². The van der Waals surface area contributed by atoms with Crippen molar-refractivity contribution in [1.82, 2.24) is 0 Å². The van der Waals surface area contributed by atoms with Crippen LogP contribution in [0.15, 0.2) is 27.1 Å². The molecule has 0 heterocycles. The van der Waals surface area contributed by atoms with E-state index in [0.29, 0.717) is 12.3 Å². The molecule has 1 aromatic carbocycles. The second kappa shape index (κ2) is 13.4.